The summed E-state index contributed by atoms with van der Waals surface area (Å²) >= 11 is 0. The lowest BCUT2D eigenvalue weighted by molar-refractivity contribution is 0.467. The van der Waals surface area contributed by atoms with Gasteiger partial charge in [-0.3, -0.25) is 0 Å². The second-order valence-electron chi connectivity index (χ2n) is 27.0. The van der Waals surface area contributed by atoms with E-state index in [-0.39, 0.29) is 50.2 Å². The van der Waals surface area contributed by atoms with Crippen LogP contribution in [-0.2, 0) is 16.2 Å². The van der Waals surface area contributed by atoms with Gasteiger partial charge in [0.05, 0.1) is 44.9 Å². The molecule has 92 heavy (non-hydrogen) atoms. The third kappa shape index (κ3) is 9.13. The average Bonchev–Trinajstić information content (AvgIpc) is 0.663. The van der Waals surface area contributed by atoms with E-state index in [9.17, 15) is 24.5 Å². The number of hydrogen-bond acceptors (Lipinski definition) is 5. The highest BCUT2D eigenvalue weighted by Gasteiger charge is 2.52. The lowest BCUT2D eigenvalue weighted by Gasteiger charge is -2.48. The maximum atomic E-state index is 12.1. The summed E-state index contributed by atoms with van der Waals surface area (Å²) in [6, 6.07) is 43.6. The van der Waals surface area contributed by atoms with Crippen molar-refractivity contribution in [3.05, 3.63) is 277 Å². The zero-order valence-electron chi connectivity index (χ0n) is 68.3. The van der Waals surface area contributed by atoms with Crippen LogP contribution in [0.5, 0.6) is 23.0 Å². The quantitative estimate of drug-likeness (QED) is 0.149. The van der Waals surface area contributed by atoms with Gasteiger partial charge in [0.1, 0.15) is 23.0 Å². The van der Waals surface area contributed by atoms with E-state index < -0.39 is 155 Å². The standard InChI is InChI=1S/C85H69B2N3O2/c1-83(2,3)59-44-63(54-31-17-11-18-32-54)80(64(45-59)55-33-19-12-20-34-55)89-70-43-58(52-88)62(53-29-15-10-16-30-53)50-69(70)87-77-71(89)48-61(85(7,8)9)49-72(77)90(81-65(56-35-21-13-22-36-56)46-60(84(4,5)6)47-66(81)57-37-23-14-24-38-57)73-51-76-79-82(78(73)87)92-75-42-28-26-40-68(75)86(79)67-39-25-27-41-74(67)91-76/h10-51H,1-9H3/i10D,15D,16D,25D,26D,27D,28D,29D,30D,39D,40D,41D,42D,43D,50D,51D. The summed E-state index contributed by atoms with van der Waals surface area (Å²) < 4.78 is 172. The molecule has 12 aromatic rings. The summed E-state index contributed by atoms with van der Waals surface area (Å²) in [5, 5.41) is 12.1. The van der Waals surface area contributed by atoms with E-state index >= 15 is 0 Å². The van der Waals surface area contributed by atoms with Gasteiger partial charge in [0, 0.05) is 56.5 Å². The Kier molecular flexibility index (Phi) is 9.65. The van der Waals surface area contributed by atoms with E-state index in [2.05, 4.69) is 98.7 Å². The molecule has 4 aliphatic heterocycles. The molecule has 12 aromatic carbocycles. The molecule has 442 valence electrons. The SMILES string of the molecule is [2H]c1c([2H])c([2H])c(-c2c([2H])c3c(c([2H])c2C#N)N(c2c(-c4ccccc4)cc(C(C)(C)C)cc2-c2ccccc2)c2cc(C(C)(C)C)cc4c2B3c2c3c5c(c([2H])c2N4c2c(-c4ccccc4)cc(C(C)(C)C)cc2-c2ccccc2)Oc2c([2H])c([2H])c([2H])c([2H])c2B5c2c([2H])c([2H])c([2H])c([2H])c2O3)c([2H])c1[2H]. The fraction of sp³-hybridized carbons (Fsp3) is 0.141. The topological polar surface area (TPSA) is 48.7 Å². The number of rotatable bonds is 7. The van der Waals surface area contributed by atoms with Crippen LogP contribution in [0.25, 0.3) is 55.6 Å². The molecule has 0 unspecified atom stereocenters. The zero-order chi connectivity index (χ0) is 76.9. The average molecular weight is 1200 g/mol. The van der Waals surface area contributed by atoms with Crippen molar-refractivity contribution in [3.63, 3.8) is 0 Å². The number of anilines is 6. The molecule has 0 aromatic heterocycles. The first-order chi connectivity index (χ1) is 51.2. The smallest absolute Gasteiger partial charge is 0.260 e. The Morgan fingerprint density at radius 1 is 0.370 bits per heavy atom. The molecule has 0 bridgehead atoms. The molecule has 4 heterocycles. The number of nitriles is 1. The van der Waals surface area contributed by atoms with Gasteiger partial charge in [-0.05, 0) is 148 Å². The van der Waals surface area contributed by atoms with E-state index in [0.717, 1.165) is 38.9 Å². The third-order valence-corrected chi connectivity index (χ3v) is 18.3. The Bertz CT molecular complexity index is 5830. The van der Waals surface area contributed by atoms with Crippen molar-refractivity contribution >= 4 is 80.3 Å². The first kappa shape index (κ1) is 41.7. The van der Waals surface area contributed by atoms with Crippen molar-refractivity contribution < 1.29 is 31.4 Å². The minimum Gasteiger partial charge on any atom is -0.459 e. The molecule has 0 saturated heterocycles. The Hall–Kier alpha value is -10.5. The van der Waals surface area contributed by atoms with Crippen LogP contribution < -0.4 is 52.1 Å². The third-order valence-electron chi connectivity index (χ3n) is 18.3. The zero-order valence-corrected chi connectivity index (χ0v) is 52.3. The highest BCUT2D eigenvalue weighted by molar-refractivity contribution is 7.03. The van der Waals surface area contributed by atoms with Gasteiger partial charge in [0.15, 0.2) is 0 Å². The Balaban J connectivity index is 1.22. The fourth-order valence-corrected chi connectivity index (χ4v) is 13.7. The molecule has 0 fully saturated rings. The second kappa shape index (κ2) is 21.3. The van der Waals surface area contributed by atoms with Crippen LogP contribution in [0.2, 0.25) is 0 Å². The first-order valence-corrected chi connectivity index (χ1v) is 31.0. The maximum absolute atomic E-state index is 12.1. The van der Waals surface area contributed by atoms with Crippen LogP contribution in [0.15, 0.2) is 254 Å². The highest BCUT2D eigenvalue weighted by Crippen LogP contribution is 2.56. The van der Waals surface area contributed by atoms with Crippen LogP contribution in [0.3, 0.4) is 0 Å². The molecule has 0 amide bonds. The lowest BCUT2D eigenvalue weighted by Crippen LogP contribution is -2.65. The van der Waals surface area contributed by atoms with Crippen molar-refractivity contribution in [2.24, 2.45) is 0 Å². The minimum absolute atomic E-state index is 0.00646. The van der Waals surface area contributed by atoms with Crippen LogP contribution in [0, 0.1) is 11.3 Å². The van der Waals surface area contributed by atoms with Gasteiger partial charge < -0.3 is 19.3 Å². The van der Waals surface area contributed by atoms with E-state index in [4.69, 9.17) is 12.2 Å². The maximum Gasteiger partial charge on any atom is 0.260 e. The summed E-state index contributed by atoms with van der Waals surface area (Å²) in [5.41, 5.74) is 6.62. The number of benzene rings is 12. The molecule has 0 N–H and O–H groups in total. The van der Waals surface area contributed by atoms with Gasteiger partial charge in [0.25, 0.3) is 13.4 Å². The number of para-hydroxylation sites is 2. The monoisotopic (exact) mass is 1200 g/mol. The number of hydrogen-bond donors (Lipinski definition) is 0. The number of ether oxygens (including phenoxy) is 2. The van der Waals surface area contributed by atoms with Crippen LogP contribution in [0.4, 0.5) is 34.1 Å². The molecular formula is C85H69B2N3O2. The molecule has 0 aliphatic carbocycles. The highest BCUT2D eigenvalue weighted by atomic mass is 16.5. The van der Waals surface area contributed by atoms with E-state index in [0.29, 0.717) is 50.5 Å². The predicted octanol–water partition coefficient (Wildman–Crippen LogP) is 18.6. The molecule has 0 saturated carbocycles. The van der Waals surface area contributed by atoms with Crippen molar-refractivity contribution in [2.45, 2.75) is 78.6 Å². The summed E-state index contributed by atoms with van der Waals surface area (Å²) in [4.78, 5) is 3.94. The molecule has 16 rings (SSSR count). The number of nitrogens with zero attached hydrogens (tertiary/aromatic N) is 3. The van der Waals surface area contributed by atoms with Gasteiger partial charge in [-0.1, -0.05) is 256 Å². The van der Waals surface area contributed by atoms with Crippen molar-refractivity contribution in [1.29, 1.82) is 5.26 Å². The molecule has 5 nitrogen and oxygen atoms in total. The van der Waals surface area contributed by atoms with E-state index in [1.54, 1.807) is 0 Å². The Morgan fingerprint density at radius 3 is 1.23 bits per heavy atom. The molecule has 0 spiro atoms. The van der Waals surface area contributed by atoms with Gasteiger partial charge in [-0.25, -0.2) is 0 Å². The van der Waals surface area contributed by atoms with Crippen molar-refractivity contribution in [3.8, 4) is 84.7 Å². The Morgan fingerprint density at radius 2 is 0.783 bits per heavy atom. The van der Waals surface area contributed by atoms with Gasteiger partial charge in [0.2, 0.25) is 0 Å². The summed E-state index contributed by atoms with van der Waals surface area (Å²) in [5.74, 6) is -1.30. The molecule has 7 heteroatoms. The minimum atomic E-state index is -1.60. The van der Waals surface area contributed by atoms with Crippen LogP contribution >= 0.6 is 0 Å². The molecule has 0 radical (unpaired) electrons. The predicted molar refractivity (Wildman–Crippen MR) is 386 cm³/mol. The summed E-state index contributed by atoms with van der Waals surface area (Å²) in [7, 11) is 0. The molecular weight excluding hydrogens is 1120 g/mol. The van der Waals surface area contributed by atoms with Crippen LogP contribution in [-0.4, -0.2) is 13.4 Å². The largest absolute Gasteiger partial charge is 0.459 e. The van der Waals surface area contributed by atoms with Gasteiger partial charge >= 0.3 is 0 Å². The fourth-order valence-electron chi connectivity index (χ4n) is 13.7. The van der Waals surface area contributed by atoms with Gasteiger partial charge in [-0.2, -0.15) is 5.26 Å². The second-order valence-corrected chi connectivity index (χ2v) is 27.0. The van der Waals surface area contributed by atoms with Crippen LogP contribution in [0.1, 0.15) is 106 Å². The number of fused-ring (bicyclic) bond motifs is 9. The first-order valence-electron chi connectivity index (χ1n) is 39.0. The lowest BCUT2D eigenvalue weighted by atomic mass is 9.30. The van der Waals surface area contributed by atoms with Gasteiger partial charge in [-0.15, -0.1) is 0 Å². The normalized spacial score (nSPS) is 15.8. The molecule has 4 aliphatic rings. The summed E-state index contributed by atoms with van der Waals surface area (Å²) in [6.45, 7) is 15.8. The Labute approximate surface area is 564 Å². The van der Waals surface area contributed by atoms with Crippen molar-refractivity contribution in [2.75, 3.05) is 9.80 Å². The van der Waals surface area contributed by atoms with E-state index in [1.807, 2.05) is 137 Å². The molecule has 0 atom stereocenters. The van der Waals surface area contributed by atoms with Crippen molar-refractivity contribution in [1.82, 2.24) is 0 Å². The van der Waals surface area contributed by atoms with E-state index in [1.165, 1.54) is 0 Å². The summed E-state index contributed by atoms with van der Waals surface area (Å²) in [6.07, 6.45) is 0.